The largest absolute Gasteiger partial charge is 0.326 e. The minimum Gasteiger partial charge on any atom is -0.326 e. The summed E-state index contributed by atoms with van der Waals surface area (Å²) in [6, 6.07) is 0.0505. The standard InChI is InChI=1S/C16H30N2OS/c1-4-6-14-17-15(12(3)5-2)16(19)18(14)11-13-7-9-20-10-8-13/h12-15,17H,4-11H2,1-3H3. The van der Waals surface area contributed by atoms with Crippen LogP contribution >= 0.6 is 11.8 Å². The average Bonchev–Trinajstić information content (AvgIpc) is 2.77. The summed E-state index contributed by atoms with van der Waals surface area (Å²) in [4.78, 5) is 14.9. The highest BCUT2D eigenvalue weighted by atomic mass is 32.2. The number of nitrogens with one attached hydrogen (secondary N) is 1. The molecule has 2 saturated heterocycles. The first-order valence-electron chi connectivity index (χ1n) is 8.31. The number of carbonyl (C=O) groups excluding carboxylic acids is 1. The minimum absolute atomic E-state index is 0.0505. The van der Waals surface area contributed by atoms with Gasteiger partial charge in [-0.1, -0.05) is 33.6 Å². The zero-order chi connectivity index (χ0) is 14.5. The van der Waals surface area contributed by atoms with E-state index in [0.717, 1.165) is 31.7 Å². The quantitative estimate of drug-likeness (QED) is 0.818. The van der Waals surface area contributed by atoms with Gasteiger partial charge in [0.15, 0.2) is 0 Å². The summed E-state index contributed by atoms with van der Waals surface area (Å²) in [5.41, 5.74) is 0. The van der Waals surface area contributed by atoms with Crippen LogP contribution in [0.3, 0.4) is 0 Å². The van der Waals surface area contributed by atoms with Gasteiger partial charge in [0.1, 0.15) is 0 Å². The van der Waals surface area contributed by atoms with Crippen molar-refractivity contribution in [3.05, 3.63) is 0 Å². The molecule has 1 amide bonds. The average molecular weight is 298 g/mol. The molecule has 4 heteroatoms. The van der Waals surface area contributed by atoms with Crippen LogP contribution in [0.4, 0.5) is 0 Å². The summed E-state index contributed by atoms with van der Waals surface area (Å²) in [6.07, 6.45) is 6.12. The maximum atomic E-state index is 12.7. The van der Waals surface area contributed by atoms with E-state index in [2.05, 4.69) is 42.7 Å². The van der Waals surface area contributed by atoms with Gasteiger partial charge in [0, 0.05) is 6.54 Å². The fourth-order valence-corrected chi connectivity index (χ4v) is 4.49. The highest BCUT2D eigenvalue weighted by molar-refractivity contribution is 7.99. The topological polar surface area (TPSA) is 32.3 Å². The molecule has 2 fully saturated rings. The summed E-state index contributed by atoms with van der Waals surface area (Å²) in [7, 11) is 0. The van der Waals surface area contributed by atoms with Crippen LogP contribution < -0.4 is 5.32 Å². The van der Waals surface area contributed by atoms with E-state index in [9.17, 15) is 4.79 Å². The van der Waals surface area contributed by atoms with Crippen LogP contribution in [0.15, 0.2) is 0 Å². The lowest BCUT2D eigenvalue weighted by atomic mass is 9.98. The number of hydrogen-bond acceptors (Lipinski definition) is 3. The van der Waals surface area contributed by atoms with Crippen molar-refractivity contribution in [2.24, 2.45) is 11.8 Å². The molecule has 2 rings (SSSR count). The van der Waals surface area contributed by atoms with E-state index in [1.165, 1.54) is 24.3 Å². The third-order valence-corrected chi connectivity index (χ3v) is 5.92. The van der Waals surface area contributed by atoms with Gasteiger partial charge in [-0.05, 0) is 42.6 Å². The monoisotopic (exact) mass is 298 g/mol. The van der Waals surface area contributed by atoms with Gasteiger partial charge in [-0.3, -0.25) is 10.1 Å². The predicted molar refractivity (Wildman–Crippen MR) is 86.8 cm³/mol. The molecule has 1 N–H and O–H groups in total. The van der Waals surface area contributed by atoms with E-state index in [0.29, 0.717) is 11.8 Å². The number of carbonyl (C=O) groups is 1. The van der Waals surface area contributed by atoms with Crippen LogP contribution in [0.1, 0.15) is 52.9 Å². The van der Waals surface area contributed by atoms with Gasteiger partial charge in [0.2, 0.25) is 5.91 Å². The summed E-state index contributed by atoms with van der Waals surface area (Å²) < 4.78 is 0. The molecular weight excluding hydrogens is 268 g/mol. The van der Waals surface area contributed by atoms with E-state index in [4.69, 9.17) is 0 Å². The van der Waals surface area contributed by atoms with Crippen LogP contribution in [-0.2, 0) is 4.79 Å². The molecular formula is C16H30N2OS. The Balaban J connectivity index is 2.00. The molecule has 0 spiro atoms. The van der Waals surface area contributed by atoms with E-state index in [-0.39, 0.29) is 12.2 Å². The van der Waals surface area contributed by atoms with Gasteiger partial charge in [0.05, 0.1) is 12.2 Å². The Bertz CT molecular complexity index is 318. The van der Waals surface area contributed by atoms with Crippen molar-refractivity contribution in [1.29, 1.82) is 0 Å². The van der Waals surface area contributed by atoms with Crippen LogP contribution in [0.5, 0.6) is 0 Å². The first-order valence-corrected chi connectivity index (χ1v) is 9.47. The molecule has 2 aliphatic heterocycles. The number of nitrogens with zero attached hydrogens (tertiary/aromatic N) is 1. The Hall–Kier alpha value is -0.220. The van der Waals surface area contributed by atoms with Gasteiger partial charge in [-0.2, -0.15) is 11.8 Å². The number of thioether (sulfide) groups is 1. The Morgan fingerprint density at radius 1 is 1.35 bits per heavy atom. The van der Waals surface area contributed by atoms with Crippen molar-refractivity contribution in [1.82, 2.24) is 10.2 Å². The molecule has 116 valence electrons. The van der Waals surface area contributed by atoms with Gasteiger partial charge in [-0.25, -0.2) is 0 Å². The van der Waals surface area contributed by atoms with Crippen molar-refractivity contribution in [2.45, 2.75) is 65.1 Å². The molecule has 2 heterocycles. The van der Waals surface area contributed by atoms with E-state index in [1.54, 1.807) is 0 Å². The SMILES string of the molecule is CCCC1NC(C(C)CC)C(=O)N1CC1CCSCC1. The molecule has 0 radical (unpaired) electrons. The summed E-state index contributed by atoms with van der Waals surface area (Å²) in [5, 5.41) is 3.60. The van der Waals surface area contributed by atoms with Crippen LogP contribution in [0.2, 0.25) is 0 Å². The molecule has 0 saturated carbocycles. The Kier molecular flexibility index (Phi) is 6.21. The molecule has 3 atom stereocenters. The lowest BCUT2D eigenvalue weighted by Gasteiger charge is -2.30. The van der Waals surface area contributed by atoms with Gasteiger partial charge >= 0.3 is 0 Å². The highest BCUT2D eigenvalue weighted by Crippen LogP contribution is 2.28. The fraction of sp³-hybridized carbons (Fsp3) is 0.938. The third kappa shape index (κ3) is 3.70. The molecule has 0 bridgehead atoms. The van der Waals surface area contributed by atoms with Crippen LogP contribution in [0, 0.1) is 11.8 Å². The minimum atomic E-state index is 0.0505. The van der Waals surface area contributed by atoms with Gasteiger partial charge in [0.25, 0.3) is 0 Å². The highest BCUT2D eigenvalue weighted by Gasteiger charge is 2.41. The Morgan fingerprint density at radius 2 is 2.05 bits per heavy atom. The van der Waals surface area contributed by atoms with Crippen molar-refractivity contribution in [3.8, 4) is 0 Å². The van der Waals surface area contributed by atoms with Crippen molar-refractivity contribution in [3.63, 3.8) is 0 Å². The molecule has 0 aromatic carbocycles. The Morgan fingerprint density at radius 3 is 2.65 bits per heavy atom. The van der Waals surface area contributed by atoms with Gasteiger partial charge < -0.3 is 4.90 Å². The first-order chi connectivity index (χ1) is 9.67. The van der Waals surface area contributed by atoms with Crippen LogP contribution in [0.25, 0.3) is 0 Å². The smallest absolute Gasteiger partial charge is 0.241 e. The van der Waals surface area contributed by atoms with E-state index in [1.807, 2.05) is 0 Å². The zero-order valence-electron chi connectivity index (χ0n) is 13.2. The maximum absolute atomic E-state index is 12.7. The normalized spacial score (nSPS) is 29.9. The summed E-state index contributed by atoms with van der Waals surface area (Å²) >= 11 is 2.06. The third-order valence-electron chi connectivity index (χ3n) is 4.87. The first kappa shape index (κ1) is 16.2. The number of rotatable bonds is 6. The van der Waals surface area contributed by atoms with Crippen LogP contribution in [-0.4, -0.2) is 41.1 Å². The predicted octanol–water partition coefficient (Wildman–Crippen LogP) is 3.10. The number of amides is 1. The molecule has 0 aliphatic carbocycles. The second kappa shape index (κ2) is 7.69. The second-order valence-electron chi connectivity index (χ2n) is 6.38. The fourth-order valence-electron chi connectivity index (χ4n) is 3.28. The van der Waals surface area contributed by atoms with E-state index >= 15 is 0 Å². The maximum Gasteiger partial charge on any atom is 0.241 e. The Labute approximate surface area is 128 Å². The lowest BCUT2D eigenvalue weighted by molar-refractivity contribution is -0.131. The molecule has 0 aromatic rings. The number of hydrogen-bond donors (Lipinski definition) is 1. The molecule has 3 unspecified atom stereocenters. The molecule has 20 heavy (non-hydrogen) atoms. The molecule has 2 aliphatic rings. The van der Waals surface area contributed by atoms with Gasteiger partial charge in [-0.15, -0.1) is 0 Å². The zero-order valence-corrected chi connectivity index (χ0v) is 14.0. The van der Waals surface area contributed by atoms with Crippen molar-refractivity contribution < 1.29 is 4.79 Å². The lowest BCUT2D eigenvalue weighted by Crippen LogP contribution is -2.41. The summed E-state index contributed by atoms with van der Waals surface area (Å²) in [6.45, 7) is 7.55. The van der Waals surface area contributed by atoms with Crippen molar-refractivity contribution in [2.75, 3.05) is 18.1 Å². The molecule has 0 aromatic heterocycles. The second-order valence-corrected chi connectivity index (χ2v) is 7.61. The van der Waals surface area contributed by atoms with E-state index < -0.39 is 0 Å². The summed E-state index contributed by atoms with van der Waals surface area (Å²) in [5.74, 6) is 4.06. The van der Waals surface area contributed by atoms with Crippen molar-refractivity contribution >= 4 is 17.7 Å². The molecule has 3 nitrogen and oxygen atoms in total.